The maximum absolute atomic E-state index is 14.3. The summed E-state index contributed by atoms with van der Waals surface area (Å²) >= 11 is 0. The van der Waals surface area contributed by atoms with Gasteiger partial charge in [-0.2, -0.15) is 0 Å². The minimum Gasteiger partial charge on any atom is -0.385 e. The summed E-state index contributed by atoms with van der Waals surface area (Å²) in [5.74, 6) is 0.496. The van der Waals surface area contributed by atoms with E-state index in [1.54, 1.807) is 7.11 Å². The molecule has 2 aromatic heterocycles. The van der Waals surface area contributed by atoms with Gasteiger partial charge in [0.15, 0.2) is 0 Å². The SMILES string of the molecule is COCCCn1cc(CN(C(=O)[C@H]2CNCC[C@@H]2c2cn(C)c3ccccc23)C2CC2)c2ccccc21. The normalized spacial score (nSPS) is 20.1. The van der Waals surface area contributed by atoms with E-state index < -0.39 is 0 Å². The van der Waals surface area contributed by atoms with Crippen molar-refractivity contribution < 1.29 is 9.53 Å². The number of methoxy groups -OCH3 is 1. The Kier molecular flexibility index (Phi) is 6.78. The molecule has 1 aliphatic carbocycles. The summed E-state index contributed by atoms with van der Waals surface area (Å²) in [6, 6.07) is 17.6. The third-order valence-electron chi connectivity index (χ3n) is 8.36. The Hall–Kier alpha value is -3.09. The van der Waals surface area contributed by atoms with Gasteiger partial charge in [0.05, 0.1) is 5.92 Å². The standard InChI is InChI=1S/C31H38N4O2/c1-33-21-28(26-9-4-5-10-29(26)33)25-14-15-32-18-27(25)31(36)35(23-12-13-23)20-22-19-34(16-7-17-37-2)30-11-6-3-8-24(22)30/h3-6,8-11,19,21,23,25,27,32H,7,12-18,20H2,1-2H3/t25-,27-/m0/s1. The summed E-state index contributed by atoms with van der Waals surface area (Å²) in [7, 11) is 3.87. The van der Waals surface area contributed by atoms with Gasteiger partial charge in [-0.3, -0.25) is 4.79 Å². The lowest BCUT2D eigenvalue weighted by molar-refractivity contribution is -0.138. The van der Waals surface area contributed by atoms with E-state index >= 15 is 0 Å². The lowest BCUT2D eigenvalue weighted by Crippen LogP contribution is -2.47. The number of para-hydroxylation sites is 2. The number of amides is 1. The maximum Gasteiger partial charge on any atom is 0.228 e. The van der Waals surface area contributed by atoms with Crippen LogP contribution >= 0.6 is 0 Å². The predicted octanol–water partition coefficient (Wildman–Crippen LogP) is 5.05. The van der Waals surface area contributed by atoms with Crippen LogP contribution in [0, 0.1) is 5.92 Å². The Morgan fingerprint density at radius 2 is 1.78 bits per heavy atom. The van der Waals surface area contributed by atoms with Crippen LogP contribution in [-0.4, -0.2) is 52.8 Å². The van der Waals surface area contributed by atoms with Gasteiger partial charge < -0.3 is 24.1 Å². The quantitative estimate of drug-likeness (QED) is 0.329. The zero-order valence-corrected chi connectivity index (χ0v) is 22.0. The molecule has 0 unspecified atom stereocenters. The lowest BCUT2D eigenvalue weighted by atomic mass is 9.80. The minimum absolute atomic E-state index is 0.0461. The van der Waals surface area contributed by atoms with Crippen molar-refractivity contribution in [2.24, 2.45) is 13.0 Å². The van der Waals surface area contributed by atoms with Crippen LogP contribution in [0.2, 0.25) is 0 Å². The van der Waals surface area contributed by atoms with Gasteiger partial charge in [-0.15, -0.1) is 0 Å². The number of benzene rings is 2. The average Bonchev–Trinajstić information content (AvgIpc) is 3.65. The van der Waals surface area contributed by atoms with E-state index in [1.807, 2.05) is 0 Å². The second kappa shape index (κ2) is 10.3. The summed E-state index contributed by atoms with van der Waals surface area (Å²) in [5.41, 5.74) is 5.05. The van der Waals surface area contributed by atoms with Crippen LogP contribution in [0.15, 0.2) is 60.9 Å². The first kappa shape index (κ1) is 24.3. The van der Waals surface area contributed by atoms with E-state index in [4.69, 9.17) is 4.74 Å². The number of hydrogen-bond donors (Lipinski definition) is 1. The van der Waals surface area contributed by atoms with Crippen LogP contribution in [0.5, 0.6) is 0 Å². The number of aryl methyl sites for hydroxylation is 2. The van der Waals surface area contributed by atoms with Crippen molar-refractivity contribution in [1.29, 1.82) is 0 Å². The van der Waals surface area contributed by atoms with Gasteiger partial charge in [0, 0.05) is 86.6 Å². The maximum atomic E-state index is 14.3. The number of aromatic nitrogens is 2. The highest BCUT2D eigenvalue weighted by atomic mass is 16.5. The number of nitrogens with zero attached hydrogens (tertiary/aromatic N) is 3. The fourth-order valence-corrected chi connectivity index (χ4v) is 6.34. The van der Waals surface area contributed by atoms with Crippen LogP contribution in [0.25, 0.3) is 21.8 Å². The molecule has 37 heavy (non-hydrogen) atoms. The highest BCUT2D eigenvalue weighted by Gasteiger charge is 2.41. The Labute approximate surface area is 219 Å². The zero-order valence-electron chi connectivity index (χ0n) is 22.0. The Bertz CT molecular complexity index is 1400. The molecule has 1 N–H and O–H groups in total. The first-order chi connectivity index (χ1) is 18.2. The van der Waals surface area contributed by atoms with Crippen molar-refractivity contribution in [3.63, 3.8) is 0 Å². The molecule has 1 saturated carbocycles. The third kappa shape index (κ3) is 4.69. The van der Waals surface area contributed by atoms with Crippen molar-refractivity contribution in [1.82, 2.24) is 19.4 Å². The summed E-state index contributed by atoms with van der Waals surface area (Å²) < 4.78 is 9.83. The van der Waals surface area contributed by atoms with Gasteiger partial charge in [0.25, 0.3) is 0 Å². The van der Waals surface area contributed by atoms with Crippen molar-refractivity contribution in [3.05, 3.63) is 72.1 Å². The van der Waals surface area contributed by atoms with Crippen molar-refractivity contribution >= 4 is 27.7 Å². The first-order valence-corrected chi connectivity index (χ1v) is 13.8. The number of carbonyl (C=O) groups excluding carboxylic acids is 1. The van der Waals surface area contributed by atoms with E-state index in [0.717, 1.165) is 51.9 Å². The third-order valence-corrected chi connectivity index (χ3v) is 8.36. The van der Waals surface area contributed by atoms with E-state index in [9.17, 15) is 4.79 Å². The molecule has 2 aromatic carbocycles. The van der Waals surface area contributed by atoms with E-state index in [0.29, 0.717) is 18.5 Å². The Morgan fingerprint density at radius 3 is 2.57 bits per heavy atom. The van der Waals surface area contributed by atoms with Crippen LogP contribution < -0.4 is 5.32 Å². The van der Waals surface area contributed by atoms with E-state index in [1.165, 1.54) is 32.9 Å². The van der Waals surface area contributed by atoms with Crippen molar-refractivity contribution in [2.45, 2.75) is 50.7 Å². The fourth-order valence-electron chi connectivity index (χ4n) is 6.34. The molecule has 6 rings (SSSR count). The average molecular weight is 499 g/mol. The van der Waals surface area contributed by atoms with Crippen LogP contribution in [-0.2, 0) is 29.7 Å². The lowest BCUT2D eigenvalue weighted by Gasteiger charge is -2.35. The van der Waals surface area contributed by atoms with Gasteiger partial charge in [0.2, 0.25) is 5.91 Å². The number of piperidine rings is 1. The van der Waals surface area contributed by atoms with Crippen LogP contribution in [0.4, 0.5) is 0 Å². The molecular weight excluding hydrogens is 460 g/mol. The smallest absolute Gasteiger partial charge is 0.228 e. The van der Waals surface area contributed by atoms with Crippen LogP contribution in [0.1, 0.15) is 42.7 Å². The summed E-state index contributed by atoms with van der Waals surface area (Å²) in [4.78, 5) is 16.5. The number of rotatable bonds is 9. The number of hydrogen-bond acceptors (Lipinski definition) is 3. The summed E-state index contributed by atoms with van der Waals surface area (Å²) in [6.45, 7) is 4.05. The number of ether oxygens (including phenoxy) is 1. The van der Waals surface area contributed by atoms with Crippen LogP contribution in [0.3, 0.4) is 0 Å². The molecule has 2 aliphatic rings. The number of fused-ring (bicyclic) bond motifs is 2. The molecule has 2 fully saturated rings. The van der Waals surface area contributed by atoms with Crippen molar-refractivity contribution in [2.75, 3.05) is 26.8 Å². The second-order valence-electron chi connectivity index (χ2n) is 10.8. The van der Waals surface area contributed by atoms with E-state index in [-0.39, 0.29) is 11.8 Å². The minimum atomic E-state index is -0.0461. The fraction of sp³-hybridized carbons (Fsp3) is 0.452. The molecule has 6 nitrogen and oxygen atoms in total. The molecule has 194 valence electrons. The molecule has 0 radical (unpaired) electrons. The highest BCUT2D eigenvalue weighted by molar-refractivity contribution is 5.88. The molecular formula is C31H38N4O2. The topological polar surface area (TPSA) is 51.4 Å². The molecule has 0 bridgehead atoms. The van der Waals surface area contributed by atoms with Crippen molar-refractivity contribution in [3.8, 4) is 0 Å². The van der Waals surface area contributed by atoms with Gasteiger partial charge in [-0.1, -0.05) is 36.4 Å². The Balaban J connectivity index is 1.30. The molecule has 1 saturated heterocycles. The molecule has 6 heteroatoms. The highest BCUT2D eigenvalue weighted by Crippen LogP contribution is 2.39. The number of nitrogens with one attached hydrogen (secondary N) is 1. The largest absolute Gasteiger partial charge is 0.385 e. The monoisotopic (exact) mass is 498 g/mol. The zero-order chi connectivity index (χ0) is 25.4. The van der Waals surface area contributed by atoms with Gasteiger partial charge >= 0.3 is 0 Å². The van der Waals surface area contributed by atoms with Gasteiger partial charge in [-0.05, 0) is 55.5 Å². The summed E-state index contributed by atoms with van der Waals surface area (Å²) in [5, 5.41) is 6.08. The molecule has 0 spiro atoms. The molecule has 1 amide bonds. The van der Waals surface area contributed by atoms with Gasteiger partial charge in [0.1, 0.15) is 0 Å². The van der Waals surface area contributed by atoms with Gasteiger partial charge in [-0.25, -0.2) is 0 Å². The first-order valence-electron chi connectivity index (χ1n) is 13.8. The molecule has 2 atom stereocenters. The number of carbonyl (C=O) groups is 1. The molecule has 1 aliphatic heterocycles. The molecule has 3 heterocycles. The second-order valence-corrected chi connectivity index (χ2v) is 10.8. The molecule has 4 aromatic rings. The van der Waals surface area contributed by atoms with E-state index in [2.05, 4.69) is 87.3 Å². The Morgan fingerprint density at radius 1 is 1.03 bits per heavy atom. The summed E-state index contributed by atoms with van der Waals surface area (Å²) in [6.07, 6.45) is 8.71. The predicted molar refractivity (Wildman–Crippen MR) is 149 cm³/mol.